The smallest absolute Gasteiger partial charge is 0.256 e. The molecule has 2 aromatic heterocycles. The molecule has 0 N–H and O–H groups in total. The molecule has 0 radical (unpaired) electrons. The van der Waals surface area contributed by atoms with Gasteiger partial charge in [0.05, 0.1) is 0 Å². The van der Waals surface area contributed by atoms with Crippen LogP contribution in [0.4, 0.5) is 0 Å². The summed E-state index contributed by atoms with van der Waals surface area (Å²) >= 11 is 0. The Bertz CT molecular complexity index is 463. The molecule has 3 rings (SSSR count). The molecule has 82 valence electrons. The first-order chi connectivity index (χ1) is 7.93. The van der Waals surface area contributed by atoms with E-state index in [9.17, 15) is 0 Å². The van der Waals surface area contributed by atoms with Gasteiger partial charge in [-0.1, -0.05) is 11.2 Å². The second-order valence-electron chi connectivity index (χ2n) is 3.67. The van der Waals surface area contributed by atoms with Gasteiger partial charge in [0, 0.05) is 12.8 Å². The van der Waals surface area contributed by atoms with E-state index < -0.39 is 0 Å². The first-order valence-corrected chi connectivity index (χ1v) is 5.30. The molecule has 16 heavy (non-hydrogen) atoms. The first-order valence-electron chi connectivity index (χ1n) is 5.30. The molecule has 0 aliphatic carbocycles. The lowest BCUT2D eigenvalue weighted by molar-refractivity contribution is 0.0835. The second kappa shape index (κ2) is 4.02. The lowest BCUT2D eigenvalue weighted by Crippen LogP contribution is -1.95. The molecule has 3 heterocycles. The first kappa shape index (κ1) is 9.47. The van der Waals surface area contributed by atoms with Crippen LogP contribution in [0.2, 0.25) is 0 Å². The van der Waals surface area contributed by atoms with E-state index in [1.54, 1.807) is 6.20 Å². The van der Waals surface area contributed by atoms with Gasteiger partial charge in [0.15, 0.2) is 0 Å². The Balaban J connectivity index is 1.87. The van der Waals surface area contributed by atoms with Crippen LogP contribution in [0.1, 0.15) is 24.8 Å². The van der Waals surface area contributed by atoms with E-state index >= 15 is 0 Å². The lowest BCUT2D eigenvalue weighted by atomic mass is 10.2. The molecule has 5 heteroatoms. The summed E-state index contributed by atoms with van der Waals surface area (Å²) in [6.07, 6.45) is 3.66. The number of nitrogens with zero attached hydrogens (tertiary/aromatic N) is 3. The fourth-order valence-electron chi connectivity index (χ4n) is 1.74. The van der Waals surface area contributed by atoms with E-state index in [-0.39, 0.29) is 6.10 Å². The molecule has 1 atom stereocenters. The quantitative estimate of drug-likeness (QED) is 0.769. The van der Waals surface area contributed by atoms with Gasteiger partial charge in [-0.05, 0) is 25.0 Å². The van der Waals surface area contributed by atoms with Crippen LogP contribution in [0.3, 0.4) is 0 Å². The minimum atomic E-state index is -0.0371. The molecule has 1 fully saturated rings. The zero-order chi connectivity index (χ0) is 10.8. The largest absolute Gasteiger partial charge is 0.368 e. The van der Waals surface area contributed by atoms with Gasteiger partial charge >= 0.3 is 0 Å². The zero-order valence-electron chi connectivity index (χ0n) is 8.67. The molecule has 0 spiro atoms. The van der Waals surface area contributed by atoms with Gasteiger partial charge in [0.1, 0.15) is 11.8 Å². The highest BCUT2D eigenvalue weighted by Crippen LogP contribution is 2.28. The third-order valence-electron chi connectivity index (χ3n) is 2.54. The van der Waals surface area contributed by atoms with E-state index in [0.717, 1.165) is 25.1 Å². The maximum atomic E-state index is 5.47. The second-order valence-corrected chi connectivity index (χ2v) is 3.67. The topological polar surface area (TPSA) is 61.0 Å². The summed E-state index contributed by atoms with van der Waals surface area (Å²) in [5.74, 6) is 1.07. The monoisotopic (exact) mass is 217 g/mol. The van der Waals surface area contributed by atoms with Crippen LogP contribution in [0, 0.1) is 0 Å². The number of ether oxygens (including phenoxy) is 1. The van der Waals surface area contributed by atoms with Crippen LogP contribution in [-0.2, 0) is 4.74 Å². The van der Waals surface area contributed by atoms with Gasteiger partial charge in [0.2, 0.25) is 5.82 Å². The molecule has 2 aromatic rings. The van der Waals surface area contributed by atoms with Crippen molar-refractivity contribution in [2.45, 2.75) is 18.9 Å². The normalized spacial score (nSPS) is 20.1. The van der Waals surface area contributed by atoms with Crippen LogP contribution in [0.5, 0.6) is 0 Å². The molecule has 1 saturated heterocycles. The summed E-state index contributed by atoms with van der Waals surface area (Å²) in [7, 11) is 0. The predicted octanol–water partition coefficient (Wildman–Crippen LogP) is 1.98. The van der Waals surface area contributed by atoms with Crippen molar-refractivity contribution in [2.75, 3.05) is 6.61 Å². The van der Waals surface area contributed by atoms with Gasteiger partial charge in [-0.3, -0.25) is 4.98 Å². The number of rotatable bonds is 2. The van der Waals surface area contributed by atoms with Gasteiger partial charge in [0.25, 0.3) is 5.89 Å². The van der Waals surface area contributed by atoms with Crippen molar-refractivity contribution in [3.05, 3.63) is 30.3 Å². The van der Waals surface area contributed by atoms with Gasteiger partial charge < -0.3 is 9.26 Å². The Morgan fingerprint density at radius 3 is 3.06 bits per heavy atom. The number of aromatic nitrogens is 3. The highest BCUT2D eigenvalue weighted by molar-refractivity contribution is 5.47. The zero-order valence-corrected chi connectivity index (χ0v) is 8.67. The van der Waals surface area contributed by atoms with Gasteiger partial charge in [-0.15, -0.1) is 0 Å². The van der Waals surface area contributed by atoms with E-state index in [1.807, 2.05) is 18.2 Å². The van der Waals surface area contributed by atoms with E-state index in [4.69, 9.17) is 9.26 Å². The van der Waals surface area contributed by atoms with Crippen LogP contribution in [0.15, 0.2) is 28.9 Å². The predicted molar refractivity (Wildman–Crippen MR) is 55.5 cm³/mol. The summed E-state index contributed by atoms with van der Waals surface area (Å²) in [5, 5.41) is 3.90. The maximum absolute atomic E-state index is 5.47. The Morgan fingerprint density at radius 1 is 1.31 bits per heavy atom. The van der Waals surface area contributed by atoms with Crippen molar-refractivity contribution < 1.29 is 9.26 Å². The SMILES string of the molecule is c1ccc(-c2noc(C3CCCO3)n2)nc1. The van der Waals surface area contributed by atoms with Crippen LogP contribution in [-0.4, -0.2) is 21.7 Å². The molecule has 1 unspecified atom stereocenters. The number of pyridine rings is 1. The van der Waals surface area contributed by atoms with Crippen molar-refractivity contribution in [1.82, 2.24) is 15.1 Å². The summed E-state index contributed by atoms with van der Waals surface area (Å²) in [5.41, 5.74) is 0.718. The highest BCUT2D eigenvalue weighted by atomic mass is 16.5. The van der Waals surface area contributed by atoms with Gasteiger partial charge in [-0.2, -0.15) is 4.98 Å². The van der Waals surface area contributed by atoms with Crippen LogP contribution in [0.25, 0.3) is 11.5 Å². The summed E-state index contributed by atoms with van der Waals surface area (Å²) in [6, 6.07) is 5.60. The molecule has 5 nitrogen and oxygen atoms in total. The van der Waals surface area contributed by atoms with E-state index in [1.165, 1.54) is 0 Å². The highest BCUT2D eigenvalue weighted by Gasteiger charge is 2.24. The molecular weight excluding hydrogens is 206 g/mol. The van der Waals surface area contributed by atoms with E-state index in [0.29, 0.717) is 11.7 Å². The lowest BCUT2D eigenvalue weighted by Gasteiger charge is -2.00. The van der Waals surface area contributed by atoms with Crippen molar-refractivity contribution in [1.29, 1.82) is 0 Å². The Morgan fingerprint density at radius 2 is 2.31 bits per heavy atom. The summed E-state index contributed by atoms with van der Waals surface area (Å²) in [6.45, 7) is 0.770. The maximum Gasteiger partial charge on any atom is 0.256 e. The third kappa shape index (κ3) is 1.69. The fourth-order valence-corrected chi connectivity index (χ4v) is 1.74. The number of hydrogen-bond acceptors (Lipinski definition) is 5. The molecule has 1 aliphatic rings. The van der Waals surface area contributed by atoms with E-state index in [2.05, 4.69) is 15.1 Å². The Hall–Kier alpha value is -1.75. The molecule has 1 aliphatic heterocycles. The molecule has 0 amide bonds. The molecule has 0 saturated carbocycles. The average molecular weight is 217 g/mol. The Kier molecular flexibility index (Phi) is 2.38. The van der Waals surface area contributed by atoms with Crippen molar-refractivity contribution in [3.8, 4) is 11.5 Å². The fraction of sp³-hybridized carbons (Fsp3) is 0.364. The van der Waals surface area contributed by atoms with Gasteiger partial charge in [-0.25, -0.2) is 0 Å². The standard InChI is InChI=1S/C11H11N3O2/c1-2-6-12-8(4-1)10-13-11(16-14-10)9-5-3-7-15-9/h1-2,4,6,9H,3,5,7H2. The summed E-state index contributed by atoms with van der Waals surface area (Å²) < 4.78 is 10.6. The van der Waals surface area contributed by atoms with Crippen LogP contribution >= 0.6 is 0 Å². The Labute approximate surface area is 92.5 Å². The van der Waals surface area contributed by atoms with Crippen LogP contribution < -0.4 is 0 Å². The molecule has 0 aromatic carbocycles. The summed E-state index contributed by atoms with van der Waals surface area (Å²) in [4.78, 5) is 8.46. The third-order valence-corrected chi connectivity index (χ3v) is 2.54. The number of hydrogen-bond donors (Lipinski definition) is 0. The van der Waals surface area contributed by atoms with Crippen molar-refractivity contribution in [3.63, 3.8) is 0 Å². The van der Waals surface area contributed by atoms with Crippen molar-refractivity contribution in [2.24, 2.45) is 0 Å². The molecule has 0 bridgehead atoms. The van der Waals surface area contributed by atoms with Crippen molar-refractivity contribution >= 4 is 0 Å². The minimum absolute atomic E-state index is 0.0371. The minimum Gasteiger partial charge on any atom is -0.368 e. The molecular formula is C11H11N3O2. The average Bonchev–Trinajstić information content (AvgIpc) is 3.01.